The van der Waals surface area contributed by atoms with E-state index in [1.165, 1.54) is 17.3 Å². The van der Waals surface area contributed by atoms with Gasteiger partial charge in [0, 0.05) is 17.5 Å². The lowest BCUT2D eigenvalue weighted by Crippen LogP contribution is -2.14. The third-order valence-corrected chi connectivity index (χ3v) is 6.06. The van der Waals surface area contributed by atoms with E-state index in [1.807, 2.05) is 57.2 Å². The normalized spacial score (nSPS) is 12.6. The molecule has 0 unspecified atom stereocenters. The fourth-order valence-corrected chi connectivity index (χ4v) is 4.19. The largest absolute Gasteiger partial charge is 0.324 e. The Bertz CT molecular complexity index is 1200. The third kappa shape index (κ3) is 3.18. The van der Waals surface area contributed by atoms with Gasteiger partial charge in [0.15, 0.2) is 11.4 Å². The minimum Gasteiger partial charge on any atom is -0.324 e. The number of carbonyl (C=O) groups excluding carboxylic acids is 1. The van der Waals surface area contributed by atoms with Crippen LogP contribution in [0.1, 0.15) is 35.3 Å². The molecule has 2 aromatic heterocycles. The number of thioether (sulfide) groups is 1. The topological polar surface area (TPSA) is 60.7 Å². The standard InChI is InChI=1S/C22H22N4OS/c1-5-26-18-9-7-6-8-17(18)19-21(26)23-22(25-24-19)28-15(4)20(27)16-11-10-13(2)14(3)12-16/h6-12,15H,5H2,1-4H3/t15-/m0/s1. The first kappa shape index (κ1) is 18.6. The number of hydrogen-bond donors (Lipinski definition) is 0. The van der Waals surface area contributed by atoms with Crippen molar-refractivity contribution >= 4 is 39.6 Å². The summed E-state index contributed by atoms with van der Waals surface area (Å²) in [5.74, 6) is 0.0767. The van der Waals surface area contributed by atoms with Crippen LogP contribution in [0.5, 0.6) is 0 Å². The minimum atomic E-state index is -0.291. The summed E-state index contributed by atoms with van der Waals surface area (Å²) < 4.78 is 2.14. The highest BCUT2D eigenvalue weighted by Crippen LogP contribution is 2.29. The van der Waals surface area contributed by atoms with Crippen molar-refractivity contribution in [1.82, 2.24) is 19.7 Å². The molecule has 0 N–H and O–H groups in total. The summed E-state index contributed by atoms with van der Waals surface area (Å²) in [4.78, 5) is 17.6. The summed E-state index contributed by atoms with van der Waals surface area (Å²) in [6.45, 7) is 8.85. The zero-order valence-electron chi connectivity index (χ0n) is 16.4. The second-order valence-electron chi connectivity index (χ2n) is 6.95. The Morgan fingerprint density at radius 2 is 1.89 bits per heavy atom. The highest BCUT2D eigenvalue weighted by Gasteiger charge is 2.20. The molecule has 0 saturated carbocycles. The van der Waals surface area contributed by atoms with Crippen molar-refractivity contribution in [2.45, 2.75) is 44.6 Å². The smallest absolute Gasteiger partial charge is 0.211 e. The van der Waals surface area contributed by atoms with Gasteiger partial charge < -0.3 is 4.57 Å². The number of ketones is 1. The van der Waals surface area contributed by atoms with E-state index in [0.29, 0.717) is 5.16 Å². The monoisotopic (exact) mass is 390 g/mol. The van der Waals surface area contributed by atoms with Gasteiger partial charge in [0.25, 0.3) is 0 Å². The van der Waals surface area contributed by atoms with Crippen LogP contribution >= 0.6 is 11.8 Å². The lowest BCUT2D eigenvalue weighted by molar-refractivity contribution is 0.0993. The first-order valence-corrected chi connectivity index (χ1v) is 10.3. The molecular weight excluding hydrogens is 368 g/mol. The molecule has 4 rings (SSSR count). The predicted molar refractivity (Wildman–Crippen MR) is 114 cm³/mol. The lowest BCUT2D eigenvalue weighted by atomic mass is 10.0. The van der Waals surface area contributed by atoms with E-state index in [0.717, 1.165) is 39.7 Å². The first-order valence-electron chi connectivity index (χ1n) is 9.39. The molecule has 0 fully saturated rings. The third-order valence-electron chi connectivity index (χ3n) is 5.11. The number of para-hydroxylation sites is 1. The van der Waals surface area contributed by atoms with E-state index >= 15 is 0 Å². The van der Waals surface area contributed by atoms with Crippen LogP contribution in [0, 0.1) is 13.8 Å². The van der Waals surface area contributed by atoms with Crippen molar-refractivity contribution in [1.29, 1.82) is 0 Å². The maximum absolute atomic E-state index is 12.8. The van der Waals surface area contributed by atoms with Gasteiger partial charge in [-0.25, -0.2) is 4.98 Å². The molecule has 28 heavy (non-hydrogen) atoms. The Hall–Kier alpha value is -2.73. The van der Waals surface area contributed by atoms with Crippen LogP contribution in [-0.4, -0.2) is 30.8 Å². The molecule has 0 radical (unpaired) electrons. The summed E-state index contributed by atoms with van der Waals surface area (Å²) in [5.41, 5.74) is 5.74. The maximum Gasteiger partial charge on any atom is 0.211 e. The average Bonchev–Trinajstić information content (AvgIpc) is 3.02. The number of Topliss-reactive ketones (excluding diaryl/α,β-unsaturated/α-hetero) is 1. The predicted octanol–water partition coefficient (Wildman–Crippen LogP) is 4.98. The van der Waals surface area contributed by atoms with Gasteiger partial charge in [-0.15, -0.1) is 10.2 Å². The Morgan fingerprint density at radius 3 is 2.64 bits per heavy atom. The van der Waals surface area contributed by atoms with Gasteiger partial charge in [-0.05, 0) is 51.0 Å². The number of nitrogens with zero attached hydrogens (tertiary/aromatic N) is 4. The molecule has 4 aromatic rings. The molecule has 1 atom stereocenters. The highest BCUT2D eigenvalue weighted by atomic mass is 32.2. The summed E-state index contributed by atoms with van der Waals surface area (Å²) in [5, 5.41) is 9.99. The molecule has 5 nitrogen and oxygen atoms in total. The number of rotatable bonds is 5. The quantitative estimate of drug-likeness (QED) is 0.355. The zero-order valence-corrected chi connectivity index (χ0v) is 17.2. The second-order valence-corrected chi connectivity index (χ2v) is 8.26. The second kappa shape index (κ2) is 7.36. The molecule has 0 aliphatic carbocycles. The van der Waals surface area contributed by atoms with E-state index in [9.17, 15) is 4.79 Å². The van der Waals surface area contributed by atoms with Gasteiger partial charge in [0.2, 0.25) is 5.16 Å². The maximum atomic E-state index is 12.8. The Labute approximate surface area is 168 Å². The molecule has 142 valence electrons. The van der Waals surface area contributed by atoms with Crippen molar-refractivity contribution in [3.05, 3.63) is 59.2 Å². The fourth-order valence-electron chi connectivity index (χ4n) is 3.40. The van der Waals surface area contributed by atoms with E-state index in [4.69, 9.17) is 4.98 Å². The van der Waals surface area contributed by atoms with Gasteiger partial charge in [-0.3, -0.25) is 4.79 Å². The number of fused-ring (bicyclic) bond motifs is 3. The minimum absolute atomic E-state index is 0.0767. The van der Waals surface area contributed by atoms with Crippen molar-refractivity contribution in [2.24, 2.45) is 0 Å². The lowest BCUT2D eigenvalue weighted by Gasteiger charge is -2.10. The molecular formula is C22H22N4OS. The molecule has 0 amide bonds. The van der Waals surface area contributed by atoms with Gasteiger partial charge >= 0.3 is 0 Å². The van der Waals surface area contributed by atoms with Crippen LogP contribution < -0.4 is 0 Å². The number of hydrogen-bond acceptors (Lipinski definition) is 5. The number of carbonyl (C=O) groups is 1. The van der Waals surface area contributed by atoms with Crippen LogP contribution in [0.15, 0.2) is 47.6 Å². The number of benzene rings is 2. The van der Waals surface area contributed by atoms with E-state index in [1.54, 1.807) is 0 Å². The van der Waals surface area contributed by atoms with Gasteiger partial charge in [0.05, 0.1) is 10.8 Å². The van der Waals surface area contributed by atoms with Gasteiger partial charge in [-0.1, -0.05) is 42.1 Å². The van der Waals surface area contributed by atoms with Gasteiger partial charge in [0.1, 0.15) is 5.52 Å². The van der Waals surface area contributed by atoms with Crippen molar-refractivity contribution in [3.8, 4) is 0 Å². The molecule has 0 spiro atoms. The first-order chi connectivity index (χ1) is 13.5. The SMILES string of the molecule is CCn1c2ccccc2c2nnc(S[C@@H](C)C(=O)c3ccc(C)c(C)c3)nc21. The summed E-state index contributed by atoms with van der Waals surface area (Å²) in [6, 6.07) is 14.0. The van der Waals surface area contributed by atoms with Crippen LogP contribution in [0.25, 0.3) is 22.1 Å². The zero-order chi connectivity index (χ0) is 19.8. The molecule has 0 aliphatic rings. The average molecular weight is 391 g/mol. The fraction of sp³-hybridized carbons (Fsp3) is 0.273. The summed E-state index contributed by atoms with van der Waals surface area (Å²) in [6.07, 6.45) is 0. The van der Waals surface area contributed by atoms with Crippen LogP contribution in [-0.2, 0) is 6.54 Å². The summed E-state index contributed by atoms with van der Waals surface area (Å²) in [7, 11) is 0. The van der Waals surface area contributed by atoms with Crippen LogP contribution in [0.4, 0.5) is 0 Å². The molecule has 2 heterocycles. The molecule has 6 heteroatoms. The van der Waals surface area contributed by atoms with Crippen molar-refractivity contribution in [3.63, 3.8) is 0 Å². The van der Waals surface area contributed by atoms with E-state index in [-0.39, 0.29) is 11.0 Å². The van der Waals surface area contributed by atoms with E-state index < -0.39 is 0 Å². The molecule has 0 bridgehead atoms. The van der Waals surface area contributed by atoms with Crippen molar-refractivity contribution < 1.29 is 4.79 Å². The molecule has 2 aromatic carbocycles. The Morgan fingerprint density at radius 1 is 1.11 bits per heavy atom. The molecule has 0 aliphatic heterocycles. The van der Waals surface area contributed by atoms with E-state index in [2.05, 4.69) is 27.8 Å². The highest BCUT2D eigenvalue weighted by molar-refractivity contribution is 8.00. The van der Waals surface area contributed by atoms with Crippen molar-refractivity contribution in [2.75, 3.05) is 0 Å². The number of aromatic nitrogens is 4. The number of aryl methyl sites for hydroxylation is 3. The van der Waals surface area contributed by atoms with Crippen LogP contribution in [0.3, 0.4) is 0 Å². The van der Waals surface area contributed by atoms with Crippen LogP contribution in [0.2, 0.25) is 0 Å². The Balaban J connectivity index is 1.66. The van der Waals surface area contributed by atoms with Gasteiger partial charge in [-0.2, -0.15) is 0 Å². The Kier molecular flexibility index (Phi) is 4.89. The molecule has 0 saturated heterocycles. The summed E-state index contributed by atoms with van der Waals surface area (Å²) >= 11 is 1.35.